The summed E-state index contributed by atoms with van der Waals surface area (Å²) in [6.45, 7) is 4.17. The topological polar surface area (TPSA) is 54.6 Å². The molecule has 2 aliphatic carbocycles. The lowest BCUT2D eigenvalue weighted by Gasteiger charge is -2.28. The maximum Gasteiger partial charge on any atom is 0.193 e. The van der Waals surface area contributed by atoms with Gasteiger partial charge in [0.15, 0.2) is 5.43 Å². The molecule has 0 amide bonds. The van der Waals surface area contributed by atoms with Crippen molar-refractivity contribution >= 4 is 35.4 Å². The largest absolute Gasteiger partial charge is 0.418 e. The third-order valence-electron chi connectivity index (χ3n) is 11.3. The molecule has 0 saturated heterocycles. The predicted octanol–water partition coefficient (Wildman–Crippen LogP) is 12.1. The van der Waals surface area contributed by atoms with Gasteiger partial charge in [-0.15, -0.1) is 23.7 Å². The Morgan fingerprint density at radius 1 is 0.814 bits per heavy atom. The van der Waals surface area contributed by atoms with Gasteiger partial charge in [0.05, 0.1) is 29.1 Å². The van der Waals surface area contributed by atoms with Crippen LogP contribution in [0.4, 0.5) is 0 Å². The van der Waals surface area contributed by atoms with Crippen LogP contribution in [0.25, 0.3) is 22.3 Å². The van der Waals surface area contributed by atoms with Crippen LogP contribution in [0.2, 0.25) is 0 Å². The Kier molecular flexibility index (Phi) is 17.8. The second kappa shape index (κ2) is 22.7. The molecular formula is C50H60Cl2N2O4S. The maximum absolute atomic E-state index is 13.7. The third-order valence-corrected chi connectivity index (χ3v) is 12.5. The summed E-state index contributed by atoms with van der Waals surface area (Å²) >= 11 is 19.4. The highest BCUT2D eigenvalue weighted by atomic mass is 35.5. The van der Waals surface area contributed by atoms with Crippen molar-refractivity contribution in [2.24, 2.45) is 7.05 Å². The molecule has 0 radical (unpaired) electrons. The van der Waals surface area contributed by atoms with E-state index < -0.39 is 4.33 Å². The minimum atomic E-state index is -1.16. The van der Waals surface area contributed by atoms with Gasteiger partial charge in [-0.05, 0) is 91.5 Å². The highest BCUT2D eigenvalue weighted by molar-refractivity contribution is 7.71. The second-order valence-electron chi connectivity index (χ2n) is 15.6. The van der Waals surface area contributed by atoms with Gasteiger partial charge < -0.3 is 18.9 Å². The molecule has 2 aromatic heterocycles. The van der Waals surface area contributed by atoms with Crippen LogP contribution in [0, 0.1) is 28.2 Å². The number of nitrogens with zero attached hydrogens (tertiary/aromatic N) is 2. The number of hydrogen-bond donors (Lipinski definition) is 0. The Labute approximate surface area is 367 Å². The summed E-state index contributed by atoms with van der Waals surface area (Å²) < 4.78 is 14.5. The summed E-state index contributed by atoms with van der Waals surface area (Å²) in [6, 6.07) is 16.4. The van der Waals surface area contributed by atoms with Crippen LogP contribution in [-0.4, -0.2) is 42.8 Å². The smallest absolute Gasteiger partial charge is 0.193 e. The standard InChI is InChI=1S/C26H31Cl2NO3.C24H29NOS/c1-4-5-6-9-16-26(27,28)24-11-8-7-10-21(24)23-18-29(32-3)17-22(25(23)30)19-12-14-20(31-2)15-13-19;1-4-5-6-7-8-9-11-18-12-10-13-19(14-18)21-16-25(2)17-22(24(21)27)20-15-23(20)26-3/h7-8,10-11,17-20H,4,9,12-16H2,1-3H3;10,12-14,16-17,20,23H,4-5,8-9,11,15H2,1-3H3. The fourth-order valence-electron chi connectivity index (χ4n) is 7.92. The molecule has 2 fully saturated rings. The number of methoxy groups -OCH3 is 2. The summed E-state index contributed by atoms with van der Waals surface area (Å²) in [5.41, 5.74) is 7.70. The highest BCUT2D eigenvalue weighted by Gasteiger charge is 2.40. The summed E-state index contributed by atoms with van der Waals surface area (Å²) in [5, 5.41) is 0. The van der Waals surface area contributed by atoms with E-state index in [1.54, 1.807) is 38.5 Å². The zero-order chi connectivity index (χ0) is 42.4. The molecule has 4 aromatic rings. The predicted molar refractivity (Wildman–Crippen MR) is 247 cm³/mol. The molecule has 0 aliphatic heterocycles. The number of hydrogen-bond acceptors (Lipinski definition) is 5. The van der Waals surface area contributed by atoms with Crippen LogP contribution < -0.4 is 10.3 Å². The molecule has 314 valence electrons. The molecule has 6 nitrogen and oxygen atoms in total. The van der Waals surface area contributed by atoms with Gasteiger partial charge in [0.1, 0.15) is 11.4 Å². The van der Waals surface area contributed by atoms with E-state index in [4.69, 9.17) is 49.7 Å². The van der Waals surface area contributed by atoms with Gasteiger partial charge in [0.2, 0.25) is 0 Å². The van der Waals surface area contributed by atoms with E-state index in [0.717, 1.165) is 91.8 Å². The van der Waals surface area contributed by atoms with E-state index in [1.807, 2.05) is 31.2 Å². The molecule has 2 atom stereocenters. The van der Waals surface area contributed by atoms with E-state index in [0.29, 0.717) is 36.0 Å². The minimum absolute atomic E-state index is 0.00141. The first-order valence-electron chi connectivity index (χ1n) is 21.1. The lowest BCUT2D eigenvalue weighted by molar-refractivity contribution is 0.0655. The first-order chi connectivity index (χ1) is 28.5. The Morgan fingerprint density at radius 3 is 2.25 bits per heavy atom. The lowest BCUT2D eigenvalue weighted by atomic mass is 9.82. The van der Waals surface area contributed by atoms with Crippen LogP contribution in [0.15, 0.2) is 78.1 Å². The average molecular weight is 856 g/mol. The summed E-state index contributed by atoms with van der Waals surface area (Å²) in [7, 11) is 7.20. The van der Waals surface area contributed by atoms with E-state index in [1.165, 1.54) is 16.7 Å². The van der Waals surface area contributed by atoms with Crippen molar-refractivity contribution in [2.45, 2.75) is 126 Å². The van der Waals surface area contributed by atoms with Crippen molar-refractivity contribution in [1.29, 1.82) is 0 Å². The van der Waals surface area contributed by atoms with Gasteiger partial charge in [-0.25, -0.2) is 0 Å². The van der Waals surface area contributed by atoms with Crippen molar-refractivity contribution < 1.29 is 14.3 Å². The lowest BCUT2D eigenvalue weighted by Crippen LogP contribution is -2.26. The zero-order valence-corrected chi connectivity index (χ0v) is 37.9. The van der Waals surface area contributed by atoms with Crippen molar-refractivity contribution in [3.8, 4) is 45.9 Å². The quantitative estimate of drug-likeness (QED) is 0.0547. The van der Waals surface area contributed by atoms with Crippen LogP contribution >= 0.6 is 35.4 Å². The van der Waals surface area contributed by atoms with Gasteiger partial charge in [-0.1, -0.05) is 97.8 Å². The number of unbranched alkanes of at least 4 members (excludes halogenated alkanes) is 2. The Bertz CT molecular complexity index is 2250. The molecule has 0 spiro atoms. The summed E-state index contributed by atoms with van der Waals surface area (Å²) in [5.74, 6) is 13.3. The van der Waals surface area contributed by atoms with Crippen LogP contribution in [-0.2, 0) is 27.3 Å². The van der Waals surface area contributed by atoms with Crippen LogP contribution in [0.1, 0.15) is 125 Å². The van der Waals surface area contributed by atoms with Crippen molar-refractivity contribution in [3.63, 3.8) is 0 Å². The van der Waals surface area contributed by atoms with Gasteiger partial charge in [-0.2, -0.15) is 4.73 Å². The van der Waals surface area contributed by atoms with Crippen molar-refractivity contribution in [2.75, 3.05) is 21.3 Å². The minimum Gasteiger partial charge on any atom is -0.418 e. The molecule has 0 N–H and O–H groups in total. The fraction of sp³-hybridized carbons (Fsp3) is 0.480. The SMILES string of the molecule is CCC#CCCC(Cl)(Cl)c1ccccc1-c1cn(OC)cc(C2CCC(OC)CC2)c1=O.CCCC#CCCCc1cccc(-c2cn(C)cc(C3CC3OC)c2=S)c1. The molecule has 59 heavy (non-hydrogen) atoms. The molecule has 9 heteroatoms. The number of aromatic nitrogens is 2. The number of ether oxygens (including phenoxy) is 2. The van der Waals surface area contributed by atoms with Gasteiger partial charge in [0, 0.05) is 82.0 Å². The van der Waals surface area contributed by atoms with Gasteiger partial charge in [0.25, 0.3) is 0 Å². The number of benzene rings is 2. The molecule has 2 heterocycles. The molecule has 2 aromatic carbocycles. The molecule has 6 rings (SSSR count). The number of alkyl halides is 2. The number of rotatable bonds is 14. The van der Waals surface area contributed by atoms with E-state index in [-0.39, 0.29) is 17.5 Å². The van der Waals surface area contributed by atoms with Gasteiger partial charge >= 0.3 is 0 Å². The average Bonchev–Trinajstić information content (AvgIpc) is 4.05. The molecule has 2 saturated carbocycles. The highest BCUT2D eigenvalue weighted by Crippen LogP contribution is 2.45. The van der Waals surface area contributed by atoms with Crippen LogP contribution in [0.3, 0.4) is 0 Å². The fourth-order valence-corrected chi connectivity index (χ4v) is 8.81. The van der Waals surface area contributed by atoms with E-state index in [2.05, 4.69) is 78.9 Å². The monoisotopic (exact) mass is 854 g/mol. The van der Waals surface area contributed by atoms with Crippen molar-refractivity contribution in [1.82, 2.24) is 9.30 Å². The van der Waals surface area contributed by atoms with E-state index >= 15 is 0 Å². The summed E-state index contributed by atoms with van der Waals surface area (Å²) in [6.07, 6.45) is 20.3. The number of aryl methyl sites for hydroxylation is 2. The molecule has 2 unspecified atom stereocenters. The Hall–Kier alpha value is -3.82. The molecule has 0 bridgehead atoms. The zero-order valence-electron chi connectivity index (χ0n) is 35.6. The number of halogens is 2. The maximum atomic E-state index is 13.7. The van der Waals surface area contributed by atoms with Crippen LogP contribution in [0.5, 0.6) is 0 Å². The first kappa shape index (κ1) is 46.2. The second-order valence-corrected chi connectivity index (χ2v) is 17.5. The third kappa shape index (κ3) is 12.6. The van der Waals surface area contributed by atoms with E-state index in [9.17, 15) is 4.79 Å². The number of pyridine rings is 2. The Balaban J connectivity index is 0.000000227. The summed E-state index contributed by atoms with van der Waals surface area (Å²) in [4.78, 5) is 19.1. The van der Waals surface area contributed by atoms with Crippen molar-refractivity contribution in [3.05, 3.63) is 110 Å². The first-order valence-corrected chi connectivity index (χ1v) is 22.3. The molecular weight excluding hydrogens is 796 g/mol. The molecule has 2 aliphatic rings. The Morgan fingerprint density at radius 2 is 1.56 bits per heavy atom. The van der Waals surface area contributed by atoms with Gasteiger partial charge in [-0.3, -0.25) is 4.79 Å². The normalized spacial score (nSPS) is 18.4.